The van der Waals surface area contributed by atoms with Crippen molar-refractivity contribution in [2.75, 3.05) is 36.6 Å². The Morgan fingerprint density at radius 1 is 1.25 bits per heavy atom. The Kier molecular flexibility index (Phi) is 5.93. The molecule has 0 aliphatic carbocycles. The molecule has 0 radical (unpaired) electrons. The molecule has 4 heterocycles. The van der Waals surface area contributed by atoms with Gasteiger partial charge in [0.1, 0.15) is 17.8 Å². The number of nitrogens with one attached hydrogen (secondary N) is 1. The van der Waals surface area contributed by atoms with Gasteiger partial charge in [0, 0.05) is 35.6 Å². The van der Waals surface area contributed by atoms with Gasteiger partial charge in [-0.05, 0) is 56.0 Å². The van der Waals surface area contributed by atoms with Gasteiger partial charge in [0.25, 0.3) is 0 Å². The molecule has 9 heteroatoms. The maximum absolute atomic E-state index is 12.9. The number of pyridine rings is 1. The number of ether oxygens (including phenoxy) is 2. The number of fused-ring (bicyclic) bond motifs is 1. The lowest BCUT2D eigenvalue weighted by atomic mass is 10.1. The van der Waals surface area contributed by atoms with Gasteiger partial charge in [-0.3, -0.25) is 0 Å². The van der Waals surface area contributed by atoms with E-state index >= 15 is 0 Å². The van der Waals surface area contributed by atoms with Crippen LogP contribution in [0.25, 0.3) is 10.9 Å². The maximum Gasteiger partial charge on any atom is 0.237 e. The second-order valence-electron chi connectivity index (χ2n) is 8.38. The summed E-state index contributed by atoms with van der Waals surface area (Å²) in [5.74, 6) is 2.95. The molecule has 0 saturated carbocycles. The minimum Gasteiger partial charge on any atom is -0.476 e. The number of hydrogen-bond donors (Lipinski definition) is 1. The molecule has 1 aromatic carbocycles. The summed E-state index contributed by atoms with van der Waals surface area (Å²) in [5, 5.41) is 4.27. The smallest absolute Gasteiger partial charge is 0.237 e. The molecule has 168 valence electrons. The molecule has 2 aliphatic rings. The molecule has 1 unspecified atom stereocenters. The van der Waals surface area contributed by atoms with Crippen LogP contribution in [0.3, 0.4) is 0 Å². The Hall–Kier alpha value is -2.78. The summed E-state index contributed by atoms with van der Waals surface area (Å²) in [6.45, 7) is 4.08. The van der Waals surface area contributed by atoms with E-state index < -0.39 is 9.73 Å². The first kappa shape index (κ1) is 21.1. The summed E-state index contributed by atoms with van der Waals surface area (Å²) in [6.07, 6.45) is 6.21. The Morgan fingerprint density at radius 2 is 2.12 bits per heavy atom. The van der Waals surface area contributed by atoms with Crippen LogP contribution in [0.15, 0.2) is 41.2 Å². The highest BCUT2D eigenvalue weighted by Gasteiger charge is 2.19. The van der Waals surface area contributed by atoms with Crippen LogP contribution in [-0.2, 0) is 14.5 Å². The lowest BCUT2D eigenvalue weighted by Gasteiger charge is -2.15. The van der Waals surface area contributed by atoms with E-state index in [1.165, 1.54) is 6.33 Å². The zero-order valence-corrected chi connectivity index (χ0v) is 18.9. The quantitative estimate of drug-likeness (QED) is 0.591. The van der Waals surface area contributed by atoms with E-state index in [-0.39, 0.29) is 0 Å². The Balaban J connectivity index is 1.45. The molecule has 3 aromatic rings. The van der Waals surface area contributed by atoms with Gasteiger partial charge in [0.05, 0.1) is 34.1 Å². The number of aromatic nitrogens is 3. The fourth-order valence-corrected chi connectivity index (χ4v) is 6.39. The van der Waals surface area contributed by atoms with Crippen LogP contribution in [0.1, 0.15) is 24.8 Å². The van der Waals surface area contributed by atoms with E-state index in [2.05, 4.69) is 24.6 Å². The van der Waals surface area contributed by atoms with Gasteiger partial charge in [-0.2, -0.15) is 4.36 Å². The Bertz CT molecular complexity index is 1240. The van der Waals surface area contributed by atoms with Crippen molar-refractivity contribution in [3.05, 3.63) is 42.4 Å². The number of rotatable bonds is 6. The van der Waals surface area contributed by atoms with Crippen LogP contribution < -0.4 is 10.1 Å². The van der Waals surface area contributed by atoms with Gasteiger partial charge in [-0.1, -0.05) is 0 Å². The third kappa shape index (κ3) is 4.54. The molecule has 2 aliphatic heterocycles. The first-order valence-corrected chi connectivity index (χ1v) is 12.9. The van der Waals surface area contributed by atoms with Crippen LogP contribution in [0.5, 0.6) is 5.88 Å². The van der Waals surface area contributed by atoms with E-state index in [1.807, 2.05) is 31.2 Å². The predicted molar refractivity (Wildman–Crippen MR) is 125 cm³/mol. The van der Waals surface area contributed by atoms with Crippen LogP contribution in [-0.4, -0.2) is 50.5 Å². The molecular weight excluding hydrogens is 426 g/mol. The molecule has 2 aromatic heterocycles. The van der Waals surface area contributed by atoms with Crippen LogP contribution in [0.2, 0.25) is 0 Å². The predicted octanol–water partition coefficient (Wildman–Crippen LogP) is 4.39. The van der Waals surface area contributed by atoms with Crippen molar-refractivity contribution in [3.8, 4) is 5.88 Å². The number of benzene rings is 1. The van der Waals surface area contributed by atoms with Crippen molar-refractivity contribution >= 4 is 37.8 Å². The van der Waals surface area contributed by atoms with Crippen molar-refractivity contribution in [2.24, 2.45) is 10.3 Å². The summed E-state index contributed by atoms with van der Waals surface area (Å²) < 4.78 is 28.9. The van der Waals surface area contributed by atoms with Gasteiger partial charge < -0.3 is 14.8 Å². The maximum atomic E-state index is 12.9. The van der Waals surface area contributed by atoms with E-state index in [4.69, 9.17) is 9.47 Å². The van der Waals surface area contributed by atoms with Crippen LogP contribution >= 0.6 is 0 Å². The van der Waals surface area contributed by atoms with Gasteiger partial charge in [-0.25, -0.2) is 19.2 Å². The topological polar surface area (TPSA) is 98.6 Å². The minimum atomic E-state index is -2.14. The first-order valence-electron chi connectivity index (χ1n) is 11.0. The van der Waals surface area contributed by atoms with Gasteiger partial charge in [0.15, 0.2) is 0 Å². The second kappa shape index (κ2) is 8.99. The number of anilines is 2. The minimum absolute atomic E-state index is 0.389. The van der Waals surface area contributed by atoms with E-state index in [9.17, 15) is 4.21 Å². The van der Waals surface area contributed by atoms with Crippen molar-refractivity contribution in [3.63, 3.8) is 0 Å². The zero-order valence-electron chi connectivity index (χ0n) is 18.1. The highest BCUT2D eigenvalue weighted by molar-refractivity contribution is 7.93. The van der Waals surface area contributed by atoms with Crippen LogP contribution in [0.4, 0.5) is 17.2 Å². The molecule has 32 heavy (non-hydrogen) atoms. The third-order valence-corrected chi connectivity index (χ3v) is 8.27. The molecule has 0 bridgehead atoms. The number of hydrogen-bond acceptors (Lipinski definition) is 8. The largest absolute Gasteiger partial charge is 0.476 e. The molecule has 2 fully saturated rings. The second-order valence-corrected chi connectivity index (χ2v) is 10.9. The van der Waals surface area contributed by atoms with Crippen LogP contribution in [0, 0.1) is 12.8 Å². The lowest BCUT2D eigenvalue weighted by molar-refractivity contribution is 0.166. The van der Waals surface area contributed by atoms with E-state index in [0.717, 1.165) is 60.3 Å². The summed E-state index contributed by atoms with van der Waals surface area (Å²) in [5.41, 5.74) is 3.20. The van der Waals surface area contributed by atoms with Gasteiger partial charge in [0.2, 0.25) is 5.88 Å². The average molecular weight is 454 g/mol. The van der Waals surface area contributed by atoms with Crippen molar-refractivity contribution < 1.29 is 13.7 Å². The molecule has 0 spiro atoms. The van der Waals surface area contributed by atoms with Gasteiger partial charge in [-0.15, -0.1) is 0 Å². The lowest BCUT2D eigenvalue weighted by Crippen LogP contribution is -2.13. The van der Waals surface area contributed by atoms with Crippen molar-refractivity contribution in [1.82, 2.24) is 15.0 Å². The Labute approximate surface area is 188 Å². The zero-order chi connectivity index (χ0) is 22.0. The fourth-order valence-electron chi connectivity index (χ4n) is 4.20. The highest BCUT2D eigenvalue weighted by Crippen LogP contribution is 2.33. The van der Waals surface area contributed by atoms with E-state index in [0.29, 0.717) is 35.7 Å². The van der Waals surface area contributed by atoms with Crippen molar-refractivity contribution in [1.29, 1.82) is 0 Å². The monoisotopic (exact) mass is 453 g/mol. The fraction of sp³-hybridized carbons (Fsp3) is 0.435. The van der Waals surface area contributed by atoms with Crippen molar-refractivity contribution in [2.45, 2.75) is 26.2 Å². The molecule has 8 nitrogen and oxygen atoms in total. The SMILES string of the molecule is Cc1cc(N=S2(=O)CCCC2)cc2ncnc(Nc3cccnc3OCC3CCOC3)c12. The summed E-state index contributed by atoms with van der Waals surface area (Å²) in [6, 6.07) is 7.63. The first-order chi connectivity index (χ1) is 15.6. The molecule has 2 saturated heterocycles. The summed E-state index contributed by atoms with van der Waals surface area (Å²) in [4.78, 5) is 13.3. The number of nitrogens with zero attached hydrogens (tertiary/aromatic N) is 4. The number of aryl methyl sites for hydroxylation is 1. The highest BCUT2D eigenvalue weighted by atomic mass is 32.2. The van der Waals surface area contributed by atoms with E-state index in [1.54, 1.807) is 6.20 Å². The molecule has 0 amide bonds. The molecule has 1 N–H and O–H groups in total. The van der Waals surface area contributed by atoms with Gasteiger partial charge >= 0.3 is 0 Å². The Morgan fingerprint density at radius 3 is 2.94 bits per heavy atom. The summed E-state index contributed by atoms with van der Waals surface area (Å²) >= 11 is 0. The average Bonchev–Trinajstić information content (AvgIpc) is 3.45. The normalized spacial score (nSPS) is 19.8. The molecular formula is C23H27N5O3S. The summed E-state index contributed by atoms with van der Waals surface area (Å²) in [7, 11) is -2.14. The molecule has 1 atom stereocenters. The standard InChI is InChI=1S/C23H27N5O3S/c1-16-11-18(28-32(29)9-2-3-10-32)12-20-21(16)22(26-15-25-20)27-19-5-4-7-24-23(19)31-14-17-6-8-30-13-17/h4-5,7,11-12,15,17H,2-3,6,8-10,13-14H2,1H3,(H,25,26,27). The third-order valence-electron chi connectivity index (χ3n) is 5.87. The molecule has 5 rings (SSSR count).